The maximum atomic E-state index is 12.8. The molecule has 1 aromatic carbocycles. The molecule has 3 heteroatoms. The van der Waals surface area contributed by atoms with E-state index >= 15 is 0 Å². The monoisotopic (exact) mass is 209 g/mol. The Morgan fingerprint density at radius 2 is 2.27 bits per heavy atom. The van der Waals surface area contributed by atoms with E-state index in [1.807, 2.05) is 6.92 Å². The Bertz CT molecular complexity index is 338. The quantitative estimate of drug-likeness (QED) is 0.756. The third-order valence-corrected chi connectivity index (χ3v) is 2.41. The van der Waals surface area contributed by atoms with Crippen molar-refractivity contribution in [2.24, 2.45) is 11.7 Å². The number of halogens is 1. The van der Waals surface area contributed by atoms with Crippen LogP contribution in [-0.2, 0) is 0 Å². The van der Waals surface area contributed by atoms with Crippen LogP contribution >= 0.6 is 0 Å². The van der Waals surface area contributed by atoms with E-state index in [2.05, 4.69) is 0 Å². The molecule has 0 aliphatic carbocycles. The second-order valence-corrected chi connectivity index (χ2v) is 3.81. The summed E-state index contributed by atoms with van der Waals surface area (Å²) in [7, 11) is 0. The Labute approximate surface area is 89.3 Å². The van der Waals surface area contributed by atoms with E-state index in [4.69, 9.17) is 5.73 Å². The van der Waals surface area contributed by atoms with Crippen LogP contribution in [0.3, 0.4) is 0 Å². The summed E-state index contributed by atoms with van der Waals surface area (Å²) >= 11 is 0. The number of hydrogen-bond donors (Lipinski definition) is 1. The molecular formula is C12H16FNO. The Balaban J connectivity index is 2.54. The maximum Gasteiger partial charge on any atom is 0.162 e. The van der Waals surface area contributed by atoms with Crippen molar-refractivity contribution in [1.82, 2.24) is 0 Å². The molecule has 1 rings (SSSR count). The van der Waals surface area contributed by atoms with Gasteiger partial charge in [-0.15, -0.1) is 0 Å². The Hall–Kier alpha value is -1.22. The van der Waals surface area contributed by atoms with Crippen molar-refractivity contribution >= 4 is 5.78 Å². The lowest BCUT2D eigenvalue weighted by atomic mass is 10.0. The van der Waals surface area contributed by atoms with Gasteiger partial charge in [0.15, 0.2) is 5.78 Å². The Morgan fingerprint density at radius 1 is 1.53 bits per heavy atom. The van der Waals surface area contributed by atoms with Crippen LogP contribution in [0.15, 0.2) is 24.3 Å². The van der Waals surface area contributed by atoms with Gasteiger partial charge in [0.1, 0.15) is 5.82 Å². The number of hydrogen-bond acceptors (Lipinski definition) is 2. The van der Waals surface area contributed by atoms with E-state index in [9.17, 15) is 9.18 Å². The van der Waals surface area contributed by atoms with Crippen molar-refractivity contribution in [2.75, 3.05) is 6.54 Å². The van der Waals surface area contributed by atoms with E-state index in [-0.39, 0.29) is 11.6 Å². The summed E-state index contributed by atoms with van der Waals surface area (Å²) < 4.78 is 12.8. The summed E-state index contributed by atoms with van der Waals surface area (Å²) in [6.07, 6.45) is 1.19. The van der Waals surface area contributed by atoms with Crippen LogP contribution in [-0.4, -0.2) is 12.3 Å². The van der Waals surface area contributed by atoms with Gasteiger partial charge in [-0.25, -0.2) is 4.39 Å². The number of ketones is 1. The predicted octanol–water partition coefficient (Wildman–Crippen LogP) is 2.38. The molecule has 82 valence electrons. The number of Topliss-reactive ketones (excluding diaryl/α,β-unsaturated/α-hetero) is 1. The molecule has 0 fully saturated rings. The van der Waals surface area contributed by atoms with Crippen LogP contribution in [0.4, 0.5) is 4.39 Å². The topological polar surface area (TPSA) is 43.1 Å². The zero-order valence-electron chi connectivity index (χ0n) is 8.87. The molecule has 0 radical (unpaired) electrons. The second-order valence-electron chi connectivity index (χ2n) is 3.81. The summed E-state index contributed by atoms with van der Waals surface area (Å²) in [5.41, 5.74) is 5.89. The average Bonchev–Trinajstić information content (AvgIpc) is 2.25. The minimum Gasteiger partial charge on any atom is -0.330 e. The van der Waals surface area contributed by atoms with Crippen molar-refractivity contribution in [2.45, 2.75) is 19.8 Å². The lowest BCUT2D eigenvalue weighted by molar-refractivity contribution is 0.0974. The first-order chi connectivity index (χ1) is 7.13. The molecule has 0 heterocycles. The van der Waals surface area contributed by atoms with Gasteiger partial charge >= 0.3 is 0 Å². The molecule has 1 atom stereocenters. The molecule has 15 heavy (non-hydrogen) atoms. The van der Waals surface area contributed by atoms with Crippen LogP contribution in [0.2, 0.25) is 0 Å². The van der Waals surface area contributed by atoms with Crippen molar-refractivity contribution in [1.29, 1.82) is 0 Å². The first-order valence-corrected chi connectivity index (χ1v) is 5.12. The smallest absolute Gasteiger partial charge is 0.162 e. The van der Waals surface area contributed by atoms with E-state index < -0.39 is 0 Å². The van der Waals surface area contributed by atoms with Crippen LogP contribution in [0.5, 0.6) is 0 Å². The van der Waals surface area contributed by atoms with Gasteiger partial charge in [0, 0.05) is 12.0 Å². The molecule has 2 nitrogen and oxygen atoms in total. The number of nitrogens with two attached hydrogens (primary N) is 1. The SMILES string of the molecule is CC(CN)CCC(=O)c1cccc(F)c1. The number of rotatable bonds is 5. The molecule has 0 aliphatic rings. The van der Waals surface area contributed by atoms with Gasteiger partial charge in [0.25, 0.3) is 0 Å². The zero-order chi connectivity index (χ0) is 11.3. The van der Waals surface area contributed by atoms with Crippen molar-refractivity contribution in [3.63, 3.8) is 0 Å². The highest BCUT2D eigenvalue weighted by atomic mass is 19.1. The van der Waals surface area contributed by atoms with Gasteiger partial charge in [-0.2, -0.15) is 0 Å². The van der Waals surface area contributed by atoms with Crippen molar-refractivity contribution in [3.05, 3.63) is 35.6 Å². The van der Waals surface area contributed by atoms with Gasteiger partial charge in [0.05, 0.1) is 0 Å². The van der Waals surface area contributed by atoms with Crippen molar-refractivity contribution in [3.8, 4) is 0 Å². The fourth-order valence-electron chi connectivity index (χ4n) is 1.30. The van der Waals surface area contributed by atoms with E-state index in [1.54, 1.807) is 12.1 Å². The molecular weight excluding hydrogens is 193 g/mol. The number of carbonyl (C=O) groups is 1. The molecule has 0 bridgehead atoms. The second kappa shape index (κ2) is 5.61. The zero-order valence-corrected chi connectivity index (χ0v) is 8.87. The molecule has 1 aromatic rings. The molecule has 0 aromatic heterocycles. The summed E-state index contributed by atoms with van der Waals surface area (Å²) in [5, 5.41) is 0. The molecule has 0 saturated heterocycles. The maximum absolute atomic E-state index is 12.8. The van der Waals surface area contributed by atoms with E-state index in [0.29, 0.717) is 24.4 Å². The summed E-state index contributed by atoms with van der Waals surface area (Å²) in [6.45, 7) is 2.58. The van der Waals surface area contributed by atoms with Gasteiger partial charge in [-0.1, -0.05) is 19.1 Å². The van der Waals surface area contributed by atoms with Gasteiger partial charge in [-0.3, -0.25) is 4.79 Å². The first-order valence-electron chi connectivity index (χ1n) is 5.12. The first kappa shape index (κ1) is 11.9. The third kappa shape index (κ3) is 3.80. The van der Waals surface area contributed by atoms with Crippen LogP contribution in [0.1, 0.15) is 30.1 Å². The normalized spacial score (nSPS) is 12.5. The highest BCUT2D eigenvalue weighted by Crippen LogP contribution is 2.11. The minimum absolute atomic E-state index is 0.0187. The molecule has 0 saturated carbocycles. The number of benzene rings is 1. The minimum atomic E-state index is -0.368. The predicted molar refractivity (Wildman–Crippen MR) is 58.2 cm³/mol. The summed E-state index contributed by atoms with van der Waals surface area (Å²) in [5.74, 6) is -0.0509. The average molecular weight is 209 g/mol. The highest BCUT2D eigenvalue weighted by molar-refractivity contribution is 5.95. The number of carbonyl (C=O) groups excluding carboxylic acids is 1. The van der Waals surface area contributed by atoms with E-state index in [1.165, 1.54) is 12.1 Å². The van der Waals surface area contributed by atoms with Gasteiger partial charge in [-0.05, 0) is 31.0 Å². The molecule has 0 spiro atoms. The van der Waals surface area contributed by atoms with Crippen LogP contribution in [0.25, 0.3) is 0 Å². The summed E-state index contributed by atoms with van der Waals surface area (Å²) in [4.78, 5) is 11.6. The lowest BCUT2D eigenvalue weighted by Gasteiger charge is -2.06. The Morgan fingerprint density at radius 3 is 2.87 bits per heavy atom. The van der Waals surface area contributed by atoms with Crippen LogP contribution < -0.4 is 5.73 Å². The highest BCUT2D eigenvalue weighted by Gasteiger charge is 2.08. The molecule has 1 unspecified atom stereocenters. The lowest BCUT2D eigenvalue weighted by Crippen LogP contribution is -2.12. The van der Waals surface area contributed by atoms with E-state index in [0.717, 1.165) is 6.42 Å². The van der Waals surface area contributed by atoms with Crippen molar-refractivity contribution < 1.29 is 9.18 Å². The molecule has 0 amide bonds. The molecule has 0 aliphatic heterocycles. The van der Waals surface area contributed by atoms with Gasteiger partial charge in [0.2, 0.25) is 0 Å². The van der Waals surface area contributed by atoms with Gasteiger partial charge < -0.3 is 5.73 Å². The fourth-order valence-corrected chi connectivity index (χ4v) is 1.30. The third-order valence-electron chi connectivity index (χ3n) is 2.41. The van der Waals surface area contributed by atoms with Crippen LogP contribution in [0, 0.1) is 11.7 Å². The summed E-state index contributed by atoms with van der Waals surface area (Å²) in [6, 6.07) is 5.79. The molecule has 2 N–H and O–H groups in total. The largest absolute Gasteiger partial charge is 0.330 e. The Kier molecular flexibility index (Phi) is 4.43. The standard InChI is InChI=1S/C12H16FNO/c1-9(8-14)5-6-12(15)10-3-2-4-11(13)7-10/h2-4,7,9H,5-6,8,14H2,1H3. The fraction of sp³-hybridized carbons (Fsp3) is 0.417.